The highest BCUT2D eigenvalue weighted by molar-refractivity contribution is 5.46. The molecule has 0 fully saturated rings. The smallest absolute Gasteiger partial charge is 0.119 e. The van der Waals surface area contributed by atoms with Crippen LogP contribution in [0.3, 0.4) is 0 Å². The van der Waals surface area contributed by atoms with Crippen LogP contribution in [0.25, 0.3) is 0 Å². The Bertz CT molecular complexity index is 457. The average molecular weight is 261 g/mol. The lowest BCUT2D eigenvalue weighted by molar-refractivity contribution is 0.213. The number of nitrogens with zero attached hydrogens (tertiary/aromatic N) is 1. The van der Waals surface area contributed by atoms with Crippen molar-refractivity contribution >= 4 is 0 Å². The van der Waals surface area contributed by atoms with Crippen molar-refractivity contribution in [2.45, 2.75) is 46.6 Å². The van der Waals surface area contributed by atoms with E-state index in [0.29, 0.717) is 17.1 Å². The molecule has 1 aromatic carbocycles. The van der Waals surface area contributed by atoms with E-state index in [2.05, 4.69) is 45.8 Å². The van der Waals surface area contributed by atoms with Gasteiger partial charge in [0.1, 0.15) is 5.75 Å². The van der Waals surface area contributed by atoms with Crippen molar-refractivity contribution in [3.63, 3.8) is 0 Å². The molecule has 19 heavy (non-hydrogen) atoms. The van der Waals surface area contributed by atoms with Crippen LogP contribution in [0, 0.1) is 11.3 Å². The molecule has 0 aliphatic heterocycles. The molecule has 2 rings (SSSR count). The molecule has 0 bridgehead atoms. The minimum atomic E-state index is 0.346. The topological polar surface area (TPSA) is 23.5 Å². The zero-order chi connectivity index (χ0) is 14.2. The standard InChI is InChI=1S/C17H27NO/c1-17(2,3)13-7-8-14-15(10-13)12(11-18(4)5)6-9-16(14)19/h6,9,13,19H,7-8,10-11H2,1-5H3. The Morgan fingerprint density at radius 3 is 2.47 bits per heavy atom. The molecule has 1 N–H and O–H groups in total. The Morgan fingerprint density at radius 1 is 1.21 bits per heavy atom. The van der Waals surface area contributed by atoms with E-state index in [-0.39, 0.29) is 0 Å². The Balaban J connectivity index is 2.37. The highest BCUT2D eigenvalue weighted by Crippen LogP contribution is 2.41. The summed E-state index contributed by atoms with van der Waals surface area (Å²) in [5.41, 5.74) is 4.32. The van der Waals surface area contributed by atoms with Gasteiger partial charge in [0, 0.05) is 6.54 Å². The van der Waals surface area contributed by atoms with Crippen molar-refractivity contribution in [2.75, 3.05) is 14.1 Å². The second kappa shape index (κ2) is 5.16. The van der Waals surface area contributed by atoms with Crippen molar-refractivity contribution in [3.05, 3.63) is 28.8 Å². The van der Waals surface area contributed by atoms with Gasteiger partial charge in [-0.2, -0.15) is 0 Å². The minimum absolute atomic E-state index is 0.346. The molecule has 2 nitrogen and oxygen atoms in total. The summed E-state index contributed by atoms with van der Waals surface area (Å²) in [5.74, 6) is 1.20. The van der Waals surface area contributed by atoms with Gasteiger partial charge in [0.25, 0.3) is 0 Å². The zero-order valence-electron chi connectivity index (χ0n) is 13.0. The Labute approximate surface area is 117 Å². The molecule has 1 atom stereocenters. The lowest BCUT2D eigenvalue weighted by atomic mass is 9.69. The molecule has 1 aromatic rings. The molecule has 0 amide bonds. The quantitative estimate of drug-likeness (QED) is 0.879. The van der Waals surface area contributed by atoms with Crippen LogP contribution in [-0.2, 0) is 19.4 Å². The SMILES string of the molecule is CN(C)Cc1ccc(O)c2c1CC(C(C)(C)C)CC2. The van der Waals surface area contributed by atoms with Gasteiger partial charge in [-0.15, -0.1) is 0 Å². The van der Waals surface area contributed by atoms with Gasteiger partial charge >= 0.3 is 0 Å². The third-order valence-corrected chi connectivity index (χ3v) is 4.41. The number of phenols is 1. The number of phenolic OH excluding ortho intramolecular Hbond substituents is 1. The van der Waals surface area contributed by atoms with Gasteiger partial charge in [0.2, 0.25) is 0 Å². The van der Waals surface area contributed by atoms with Gasteiger partial charge < -0.3 is 10.0 Å². The van der Waals surface area contributed by atoms with Gasteiger partial charge in [0.05, 0.1) is 0 Å². The number of hydrogen-bond donors (Lipinski definition) is 1. The van der Waals surface area contributed by atoms with Gasteiger partial charge in [-0.3, -0.25) is 0 Å². The summed E-state index contributed by atoms with van der Waals surface area (Å²) in [4.78, 5) is 2.20. The van der Waals surface area contributed by atoms with Crippen LogP contribution in [0.2, 0.25) is 0 Å². The Kier molecular flexibility index (Phi) is 3.91. The Morgan fingerprint density at radius 2 is 1.89 bits per heavy atom. The highest BCUT2D eigenvalue weighted by Gasteiger charge is 2.30. The lowest BCUT2D eigenvalue weighted by Crippen LogP contribution is -2.28. The number of fused-ring (bicyclic) bond motifs is 1. The van der Waals surface area contributed by atoms with Crippen molar-refractivity contribution in [1.82, 2.24) is 4.90 Å². The number of hydrogen-bond acceptors (Lipinski definition) is 2. The second-order valence-electron chi connectivity index (χ2n) is 7.24. The highest BCUT2D eigenvalue weighted by atomic mass is 16.3. The molecule has 1 aliphatic carbocycles. The maximum absolute atomic E-state index is 10.1. The average Bonchev–Trinajstić information content (AvgIpc) is 2.31. The first-order chi connectivity index (χ1) is 8.79. The summed E-state index contributed by atoms with van der Waals surface area (Å²) in [5, 5.41) is 10.1. The van der Waals surface area contributed by atoms with Gasteiger partial charge in [-0.05, 0) is 67.4 Å². The first kappa shape index (κ1) is 14.4. The largest absolute Gasteiger partial charge is 0.508 e. The summed E-state index contributed by atoms with van der Waals surface area (Å²) in [6, 6.07) is 3.97. The predicted octanol–water partition coefficient (Wildman–Crippen LogP) is 3.60. The normalized spacial score (nSPS) is 19.6. The summed E-state index contributed by atoms with van der Waals surface area (Å²) >= 11 is 0. The van der Waals surface area contributed by atoms with Crippen molar-refractivity contribution < 1.29 is 5.11 Å². The fraction of sp³-hybridized carbons (Fsp3) is 0.647. The molecule has 0 heterocycles. The van der Waals surface area contributed by atoms with E-state index < -0.39 is 0 Å². The monoisotopic (exact) mass is 261 g/mol. The van der Waals surface area contributed by atoms with Gasteiger partial charge in [0.15, 0.2) is 0 Å². The van der Waals surface area contributed by atoms with Crippen LogP contribution in [-0.4, -0.2) is 24.1 Å². The summed E-state index contributed by atoms with van der Waals surface area (Å²) in [7, 11) is 4.20. The van der Waals surface area contributed by atoms with E-state index in [1.807, 2.05) is 6.07 Å². The summed E-state index contributed by atoms with van der Waals surface area (Å²) in [6.45, 7) is 7.95. The first-order valence-electron chi connectivity index (χ1n) is 7.26. The van der Waals surface area contributed by atoms with Crippen LogP contribution >= 0.6 is 0 Å². The maximum Gasteiger partial charge on any atom is 0.119 e. The van der Waals surface area contributed by atoms with Crippen LogP contribution in [0.15, 0.2) is 12.1 Å². The molecule has 0 radical (unpaired) electrons. The van der Waals surface area contributed by atoms with Crippen molar-refractivity contribution in [2.24, 2.45) is 11.3 Å². The summed E-state index contributed by atoms with van der Waals surface area (Å²) in [6.07, 6.45) is 3.32. The Hall–Kier alpha value is -1.02. The van der Waals surface area contributed by atoms with E-state index in [0.717, 1.165) is 19.4 Å². The number of aromatic hydroxyl groups is 1. The third kappa shape index (κ3) is 3.11. The number of benzene rings is 1. The third-order valence-electron chi connectivity index (χ3n) is 4.41. The van der Waals surface area contributed by atoms with Crippen molar-refractivity contribution in [3.8, 4) is 5.75 Å². The molecule has 0 saturated carbocycles. The first-order valence-corrected chi connectivity index (χ1v) is 7.26. The van der Waals surface area contributed by atoms with E-state index in [1.165, 1.54) is 23.1 Å². The predicted molar refractivity (Wildman–Crippen MR) is 80.5 cm³/mol. The summed E-state index contributed by atoms with van der Waals surface area (Å²) < 4.78 is 0. The van der Waals surface area contributed by atoms with Crippen LogP contribution in [0.5, 0.6) is 5.75 Å². The van der Waals surface area contributed by atoms with E-state index in [9.17, 15) is 5.11 Å². The number of rotatable bonds is 2. The molecular weight excluding hydrogens is 234 g/mol. The van der Waals surface area contributed by atoms with Crippen LogP contribution < -0.4 is 0 Å². The van der Waals surface area contributed by atoms with E-state index in [4.69, 9.17) is 0 Å². The lowest BCUT2D eigenvalue weighted by Gasteiger charge is -2.36. The fourth-order valence-corrected chi connectivity index (χ4v) is 3.16. The van der Waals surface area contributed by atoms with Crippen LogP contribution in [0.1, 0.15) is 43.9 Å². The van der Waals surface area contributed by atoms with Crippen LogP contribution in [0.4, 0.5) is 0 Å². The molecule has 1 aliphatic rings. The van der Waals surface area contributed by atoms with E-state index in [1.54, 1.807) is 0 Å². The van der Waals surface area contributed by atoms with Gasteiger partial charge in [-0.1, -0.05) is 26.8 Å². The fourth-order valence-electron chi connectivity index (χ4n) is 3.16. The van der Waals surface area contributed by atoms with Gasteiger partial charge in [-0.25, -0.2) is 0 Å². The van der Waals surface area contributed by atoms with E-state index >= 15 is 0 Å². The molecule has 0 saturated heterocycles. The molecular formula is C17H27NO. The molecule has 1 unspecified atom stereocenters. The van der Waals surface area contributed by atoms with Crippen molar-refractivity contribution in [1.29, 1.82) is 0 Å². The molecule has 0 aromatic heterocycles. The zero-order valence-corrected chi connectivity index (χ0v) is 13.0. The molecule has 2 heteroatoms. The molecule has 0 spiro atoms. The second-order valence-corrected chi connectivity index (χ2v) is 7.24. The molecule has 106 valence electrons. The maximum atomic E-state index is 10.1. The minimum Gasteiger partial charge on any atom is -0.508 e.